The minimum absolute atomic E-state index is 0.348. The van der Waals surface area contributed by atoms with Crippen LogP contribution in [0.4, 0.5) is 0 Å². The van der Waals surface area contributed by atoms with Crippen molar-refractivity contribution in [3.05, 3.63) is 22.7 Å². The standard InChI is InChI=1S/C12H15ClO4/c1-15-4-3-5-17-12-6-9(8-14)10(13)7-11(12)16-2/h6-8H,3-5H2,1-2H3. The molecule has 0 spiro atoms. The van der Waals surface area contributed by atoms with Crippen molar-refractivity contribution >= 4 is 17.9 Å². The van der Waals surface area contributed by atoms with E-state index in [1.54, 1.807) is 19.2 Å². The number of halogens is 1. The molecule has 1 rings (SSSR count). The molecule has 0 heterocycles. The molecule has 0 aliphatic heterocycles. The first-order valence-corrected chi connectivity index (χ1v) is 5.55. The molecule has 1 aromatic carbocycles. The molecule has 0 radical (unpaired) electrons. The number of hydrogen-bond acceptors (Lipinski definition) is 4. The second-order valence-electron chi connectivity index (χ2n) is 3.34. The van der Waals surface area contributed by atoms with Gasteiger partial charge in [0.15, 0.2) is 17.8 Å². The topological polar surface area (TPSA) is 44.8 Å². The Labute approximate surface area is 105 Å². The largest absolute Gasteiger partial charge is 0.493 e. The van der Waals surface area contributed by atoms with Crippen LogP contribution in [0.2, 0.25) is 5.02 Å². The van der Waals surface area contributed by atoms with Gasteiger partial charge in [0, 0.05) is 31.8 Å². The molecule has 0 atom stereocenters. The molecule has 0 saturated carbocycles. The van der Waals surface area contributed by atoms with E-state index in [9.17, 15) is 4.79 Å². The molecular weight excluding hydrogens is 244 g/mol. The van der Waals surface area contributed by atoms with Crippen LogP contribution in [0.1, 0.15) is 16.8 Å². The number of ether oxygens (including phenoxy) is 3. The van der Waals surface area contributed by atoms with Gasteiger partial charge in [0.2, 0.25) is 0 Å². The summed E-state index contributed by atoms with van der Waals surface area (Å²) in [5, 5.41) is 0.348. The Kier molecular flexibility index (Phi) is 5.80. The fraction of sp³-hybridized carbons (Fsp3) is 0.417. The lowest BCUT2D eigenvalue weighted by Crippen LogP contribution is -2.03. The normalized spacial score (nSPS) is 10.1. The van der Waals surface area contributed by atoms with Crippen molar-refractivity contribution in [2.45, 2.75) is 6.42 Å². The molecule has 0 aliphatic carbocycles. The van der Waals surface area contributed by atoms with Crippen LogP contribution in [0.25, 0.3) is 0 Å². The second-order valence-corrected chi connectivity index (χ2v) is 3.74. The van der Waals surface area contributed by atoms with E-state index >= 15 is 0 Å². The first-order valence-electron chi connectivity index (χ1n) is 5.17. The predicted molar refractivity (Wildman–Crippen MR) is 65.4 cm³/mol. The summed E-state index contributed by atoms with van der Waals surface area (Å²) >= 11 is 5.88. The van der Waals surface area contributed by atoms with Crippen LogP contribution in [0.3, 0.4) is 0 Å². The highest BCUT2D eigenvalue weighted by Gasteiger charge is 2.09. The average Bonchev–Trinajstić information content (AvgIpc) is 2.35. The van der Waals surface area contributed by atoms with Crippen LogP contribution >= 0.6 is 11.6 Å². The minimum Gasteiger partial charge on any atom is -0.493 e. The zero-order valence-corrected chi connectivity index (χ0v) is 10.6. The summed E-state index contributed by atoms with van der Waals surface area (Å²) in [6.45, 7) is 1.11. The third-order valence-electron chi connectivity index (χ3n) is 2.16. The lowest BCUT2D eigenvalue weighted by molar-refractivity contribution is 0.112. The van der Waals surface area contributed by atoms with E-state index in [0.717, 1.165) is 6.42 Å². The highest BCUT2D eigenvalue weighted by Crippen LogP contribution is 2.32. The maximum Gasteiger partial charge on any atom is 0.162 e. The van der Waals surface area contributed by atoms with Crippen molar-refractivity contribution in [1.29, 1.82) is 0 Å². The van der Waals surface area contributed by atoms with E-state index in [-0.39, 0.29) is 0 Å². The Morgan fingerprint density at radius 1 is 1.24 bits per heavy atom. The molecular formula is C12H15ClO4. The molecule has 0 aromatic heterocycles. The van der Waals surface area contributed by atoms with E-state index in [1.807, 2.05) is 0 Å². The molecule has 0 N–H and O–H groups in total. The smallest absolute Gasteiger partial charge is 0.162 e. The second kappa shape index (κ2) is 7.14. The van der Waals surface area contributed by atoms with Gasteiger partial charge in [-0.3, -0.25) is 4.79 Å². The van der Waals surface area contributed by atoms with E-state index in [2.05, 4.69) is 0 Å². The summed E-state index contributed by atoms with van der Waals surface area (Å²) < 4.78 is 15.5. The van der Waals surface area contributed by atoms with Gasteiger partial charge in [0.25, 0.3) is 0 Å². The number of aldehydes is 1. The van der Waals surface area contributed by atoms with Gasteiger partial charge in [-0.1, -0.05) is 11.6 Å². The first kappa shape index (κ1) is 13.8. The van der Waals surface area contributed by atoms with Crippen molar-refractivity contribution in [1.82, 2.24) is 0 Å². The molecule has 0 unspecified atom stereocenters. The van der Waals surface area contributed by atoms with Gasteiger partial charge in [-0.25, -0.2) is 0 Å². The highest BCUT2D eigenvalue weighted by atomic mass is 35.5. The van der Waals surface area contributed by atoms with Crippen LogP contribution in [0, 0.1) is 0 Å². The molecule has 0 saturated heterocycles. The van der Waals surface area contributed by atoms with Crippen LogP contribution in [-0.2, 0) is 4.74 Å². The van der Waals surface area contributed by atoms with Crippen molar-refractivity contribution in [2.24, 2.45) is 0 Å². The molecule has 0 aliphatic rings. The SMILES string of the molecule is COCCCOc1cc(C=O)c(Cl)cc1OC. The summed E-state index contributed by atoms with van der Waals surface area (Å²) in [7, 11) is 3.15. The third kappa shape index (κ3) is 3.91. The number of carbonyl (C=O) groups is 1. The van der Waals surface area contributed by atoms with Gasteiger partial charge < -0.3 is 14.2 Å². The van der Waals surface area contributed by atoms with E-state index in [0.29, 0.717) is 41.6 Å². The van der Waals surface area contributed by atoms with Gasteiger partial charge >= 0.3 is 0 Å². The van der Waals surface area contributed by atoms with Gasteiger partial charge in [-0.15, -0.1) is 0 Å². The molecule has 94 valence electrons. The lowest BCUT2D eigenvalue weighted by atomic mass is 10.2. The van der Waals surface area contributed by atoms with Crippen molar-refractivity contribution in [3.63, 3.8) is 0 Å². The summed E-state index contributed by atoms with van der Waals surface area (Å²) in [4.78, 5) is 10.8. The van der Waals surface area contributed by atoms with Crippen LogP contribution < -0.4 is 9.47 Å². The molecule has 4 nitrogen and oxygen atoms in total. The Morgan fingerprint density at radius 2 is 2.00 bits per heavy atom. The maximum absolute atomic E-state index is 10.8. The van der Waals surface area contributed by atoms with Crippen LogP contribution in [0.5, 0.6) is 11.5 Å². The van der Waals surface area contributed by atoms with Gasteiger partial charge in [0.1, 0.15) is 0 Å². The minimum atomic E-state index is 0.348. The maximum atomic E-state index is 10.8. The zero-order valence-electron chi connectivity index (χ0n) is 9.86. The number of methoxy groups -OCH3 is 2. The van der Waals surface area contributed by atoms with Gasteiger partial charge in [-0.2, -0.15) is 0 Å². The predicted octanol–water partition coefficient (Wildman–Crippen LogP) is 2.58. The third-order valence-corrected chi connectivity index (χ3v) is 2.49. The Bertz CT molecular complexity index is 379. The summed E-state index contributed by atoms with van der Waals surface area (Å²) in [5.74, 6) is 1.02. The first-order chi connectivity index (χ1) is 8.22. The monoisotopic (exact) mass is 258 g/mol. The van der Waals surface area contributed by atoms with Crippen molar-refractivity contribution < 1.29 is 19.0 Å². The average molecular weight is 259 g/mol. The fourth-order valence-corrected chi connectivity index (χ4v) is 1.50. The summed E-state index contributed by atoms with van der Waals surface area (Å²) in [6, 6.07) is 3.14. The molecule has 17 heavy (non-hydrogen) atoms. The number of carbonyl (C=O) groups excluding carboxylic acids is 1. The molecule has 0 fully saturated rings. The molecule has 0 amide bonds. The van der Waals surface area contributed by atoms with Gasteiger partial charge in [-0.05, 0) is 6.07 Å². The fourth-order valence-electron chi connectivity index (χ4n) is 1.30. The zero-order chi connectivity index (χ0) is 12.7. The number of hydrogen-bond donors (Lipinski definition) is 0. The van der Waals surface area contributed by atoms with E-state index < -0.39 is 0 Å². The molecule has 5 heteroatoms. The van der Waals surface area contributed by atoms with Crippen LogP contribution in [0.15, 0.2) is 12.1 Å². The molecule has 0 bridgehead atoms. The molecule has 1 aromatic rings. The van der Waals surface area contributed by atoms with Crippen molar-refractivity contribution in [3.8, 4) is 11.5 Å². The summed E-state index contributed by atoms with van der Waals surface area (Å²) in [6.07, 6.45) is 1.45. The van der Waals surface area contributed by atoms with E-state index in [1.165, 1.54) is 7.11 Å². The number of rotatable bonds is 7. The lowest BCUT2D eigenvalue weighted by Gasteiger charge is -2.11. The van der Waals surface area contributed by atoms with Gasteiger partial charge in [0.05, 0.1) is 18.7 Å². The quantitative estimate of drug-likeness (QED) is 0.557. The van der Waals surface area contributed by atoms with E-state index in [4.69, 9.17) is 25.8 Å². The highest BCUT2D eigenvalue weighted by molar-refractivity contribution is 6.33. The summed E-state index contributed by atoms with van der Waals surface area (Å²) in [5.41, 5.74) is 0.384. The van der Waals surface area contributed by atoms with Crippen molar-refractivity contribution in [2.75, 3.05) is 27.4 Å². The van der Waals surface area contributed by atoms with Crippen LogP contribution in [-0.4, -0.2) is 33.7 Å². The Morgan fingerprint density at radius 3 is 2.59 bits per heavy atom. The Balaban J connectivity index is 2.77. The number of benzene rings is 1. The Hall–Kier alpha value is -1.26.